The van der Waals surface area contributed by atoms with E-state index in [-0.39, 0.29) is 0 Å². The first-order valence-electron chi connectivity index (χ1n) is 6.77. The molecule has 2 aromatic rings. The topological polar surface area (TPSA) is 46.8 Å². The van der Waals surface area contributed by atoms with Crippen molar-refractivity contribution >= 4 is 5.95 Å². The highest BCUT2D eigenvalue weighted by molar-refractivity contribution is 5.32. The zero-order chi connectivity index (χ0) is 13.2. The summed E-state index contributed by atoms with van der Waals surface area (Å²) in [6.07, 6.45) is 8.04. The van der Waals surface area contributed by atoms with Gasteiger partial charge >= 0.3 is 0 Å². The van der Waals surface area contributed by atoms with Crippen molar-refractivity contribution in [3.8, 4) is 0 Å². The van der Waals surface area contributed by atoms with Gasteiger partial charge in [0.15, 0.2) is 0 Å². The van der Waals surface area contributed by atoms with Crippen LogP contribution in [0.3, 0.4) is 0 Å². The lowest BCUT2D eigenvalue weighted by molar-refractivity contribution is 0.393. The largest absolute Gasteiger partial charge is 0.341 e. The molecule has 1 fully saturated rings. The smallest absolute Gasteiger partial charge is 0.225 e. The molecule has 0 amide bonds. The van der Waals surface area contributed by atoms with E-state index in [4.69, 9.17) is 0 Å². The predicted octanol–water partition coefficient (Wildman–Crippen LogP) is 2.13. The van der Waals surface area contributed by atoms with Crippen LogP contribution in [0.5, 0.6) is 0 Å². The van der Waals surface area contributed by atoms with Crippen LogP contribution in [0, 0.1) is 13.8 Å². The Morgan fingerprint density at radius 2 is 1.79 bits per heavy atom. The summed E-state index contributed by atoms with van der Waals surface area (Å²) in [4.78, 5) is 15.5. The molecule has 2 aromatic heterocycles. The first-order chi connectivity index (χ1) is 9.22. The number of aromatic nitrogens is 4. The molecule has 0 aliphatic carbocycles. The van der Waals surface area contributed by atoms with Crippen molar-refractivity contribution in [3.63, 3.8) is 0 Å². The molecule has 1 saturated heterocycles. The number of nitrogens with zero attached hydrogens (tertiary/aromatic N) is 5. The molecule has 5 heteroatoms. The quantitative estimate of drug-likeness (QED) is 0.827. The fourth-order valence-corrected chi connectivity index (χ4v) is 2.70. The van der Waals surface area contributed by atoms with E-state index < -0.39 is 0 Å². The van der Waals surface area contributed by atoms with E-state index in [1.807, 2.05) is 38.6 Å². The summed E-state index contributed by atoms with van der Waals surface area (Å²) in [7, 11) is 0. The van der Waals surface area contributed by atoms with E-state index in [9.17, 15) is 0 Å². The maximum Gasteiger partial charge on any atom is 0.225 e. The molecular weight excluding hydrogens is 238 g/mol. The average Bonchev–Trinajstić information content (AvgIpc) is 2.91. The molecule has 0 spiro atoms. The van der Waals surface area contributed by atoms with Gasteiger partial charge < -0.3 is 9.47 Å². The zero-order valence-electron chi connectivity index (χ0n) is 11.5. The third kappa shape index (κ3) is 2.59. The van der Waals surface area contributed by atoms with Gasteiger partial charge in [0, 0.05) is 42.9 Å². The molecule has 0 N–H and O–H groups in total. The summed E-state index contributed by atoms with van der Waals surface area (Å²) in [6.45, 7) is 6.06. The number of anilines is 1. The summed E-state index contributed by atoms with van der Waals surface area (Å²) in [5, 5.41) is 0. The minimum atomic E-state index is 0.560. The van der Waals surface area contributed by atoms with Crippen LogP contribution in [0.2, 0.25) is 0 Å². The SMILES string of the molecule is Cc1cc(C)nc(N2CCC(n3ccnc3)CC2)n1. The van der Waals surface area contributed by atoms with Gasteiger partial charge in [-0.3, -0.25) is 0 Å². The summed E-state index contributed by atoms with van der Waals surface area (Å²) in [5.41, 5.74) is 2.08. The molecule has 1 aliphatic rings. The summed E-state index contributed by atoms with van der Waals surface area (Å²) in [5.74, 6) is 0.876. The van der Waals surface area contributed by atoms with Gasteiger partial charge in [0.1, 0.15) is 0 Å². The van der Waals surface area contributed by atoms with Crippen LogP contribution in [0.25, 0.3) is 0 Å². The number of piperidine rings is 1. The van der Waals surface area contributed by atoms with Crippen molar-refractivity contribution in [3.05, 3.63) is 36.2 Å². The van der Waals surface area contributed by atoms with E-state index in [1.165, 1.54) is 0 Å². The highest BCUT2D eigenvalue weighted by Crippen LogP contribution is 2.24. The molecule has 5 nitrogen and oxygen atoms in total. The Morgan fingerprint density at radius 1 is 1.11 bits per heavy atom. The van der Waals surface area contributed by atoms with Gasteiger partial charge in [0.25, 0.3) is 0 Å². The van der Waals surface area contributed by atoms with Gasteiger partial charge in [-0.25, -0.2) is 15.0 Å². The molecule has 1 aliphatic heterocycles. The van der Waals surface area contributed by atoms with Crippen LogP contribution < -0.4 is 4.90 Å². The third-order valence-electron chi connectivity index (χ3n) is 3.66. The first kappa shape index (κ1) is 12.1. The van der Waals surface area contributed by atoms with Crippen LogP contribution >= 0.6 is 0 Å². The number of hydrogen-bond acceptors (Lipinski definition) is 4. The molecule has 0 unspecified atom stereocenters. The molecule has 19 heavy (non-hydrogen) atoms. The highest BCUT2D eigenvalue weighted by atomic mass is 15.3. The fourth-order valence-electron chi connectivity index (χ4n) is 2.70. The van der Waals surface area contributed by atoms with Gasteiger partial charge in [0.2, 0.25) is 5.95 Å². The minimum absolute atomic E-state index is 0.560. The number of aryl methyl sites for hydroxylation is 2. The lowest BCUT2D eigenvalue weighted by Crippen LogP contribution is -2.35. The zero-order valence-corrected chi connectivity index (χ0v) is 11.5. The van der Waals surface area contributed by atoms with Crippen molar-refractivity contribution in [2.24, 2.45) is 0 Å². The Hall–Kier alpha value is -1.91. The molecule has 0 atom stereocenters. The fraction of sp³-hybridized carbons (Fsp3) is 0.500. The van der Waals surface area contributed by atoms with Gasteiger partial charge in [-0.15, -0.1) is 0 Å². The molecule has 0 saturated carbocycles. The molecule has 0 aromatic carbocycles. The van der Waals surface area contributed by atoms with Gasteiger partial charge in [-0.1, -0.05) is 0 Å². The first-order valence-corrected chi connectivity index (χ1v) is 6.77. The number of hydrogen-bond donors (Lipinski definition) is 0. The van der Waals surface area contributed by atoms with Gasteiger partial charge in [-0.2, -0.15) is 0 Å². The number of imidazole rings is 1. The normalized spacial score (nSPS) is 16.8. The van der Waals surface area contributed by atoms with Gasteiger partial charge in [-0.05, 0) is 32.8 Å². The van der Waals surface area contributed by atoms with Crippen LogP contribution in [0.1, 0.15) is 30.3 Å². The van der Waals surface area contributed by atoms with Crippen LogP contribution in [0.4, 0.5) is 5.95 Å². The molecule has 100 valence electrons. The standard InChI is InChI=1S/C14H19N5/c1-11-9-12(2)17-14(16-11)18-6-3-13(4-7-18)19-8-5-15-10-19/h5,8-10,13H,3-4,6-7H2,1-2H3. The lowest BCUT2D eigenvalue weighted by Gasteiger charge is -2.32. The third-order valence-corrected chi connectivity index (χ3v) is 3.66. The summed E-state index contributed by atoms with van der Waals surface area (Å²) in [6, 6.07) is 2.58. The second-order valence-corrected chi connectivity index (χ2v) is 5.18. The van der Waals surface area contributed by atoms with Gasteiger partial charge in [0.05, 0.1) is 6.33 Å². The van der Waals surface area contributed by atoms with Crippen molar-refractivity contribution in [2.45, 2.75) is 32.7 Å². The predicted molar refractivity (Wildman–Crippen MR) is 74.2 cm³/mol. The monoisotopic (exact) mass is 257 g/mol. The second-order valence-electron chi connectivity index (χ2n) is 5.18. The maximum atomic E-state index is 4.54. The maximum absolute atomic E-state index is 4.54. The van der Waals surface area contributed by atoms with Crippen molar-refractivity contribution in [2.75, 3.05) is 18.0 Å². The van der Waals surface area contributed by atoms with E-state index >= 15 is 0 Å². The summed E-state index contributed by atoms with van der Waals surface area (Å²) < 4.78 is 2.21. The van der Waals surface area contributed by atoms with Crippen molar-refractivity contribution < 1.29 is 0 Å². The highest BCUT2D eigenvalue weighted by Gasteiger charge is 2.21. The Balaban J connectivity index is 1.70. The van der Waals surface area contributed by atoms with E-state index in [2.05, 4.69) is 24.4 Å². The Morgan fingerprint density at radius 3 is 2.37 bits per heavy atom. The molecular formula is C14H19N5. The second kappa shape index (κ2) is 4.99. The Labute approximate surface area is 113 Å². The Kier molecular flexibility index (Phi) is 3.19. The average molecular weight is 257 g/mol. The van der Waals surface area contributed by atoms with Crippen LogP contribution in [0.15, 0.2) is 24.8 Å². The lowest BCUT2D eigenvalue weighted by atomic mass is 10.1. The van der Waals surface area contributed by atoms with E-state index in [0.717, 1.165) is 43.3 Å². The number of rotatable bonds is 2. The van der Waals surface area contributed by atoms with Crippen LogP contribution in [-0.2, 0) is 0 Å². The summed E-state index contributed by atoms with van der Waals surface area (Å²) >= 11 is 0. The molecule has 0 bridgehead atoms. The van der Waals surface area contributed by atoms with E-state index in [1.54, 1.807) is 0 Å². The van der Waals surface area contributed by atoms with Crippen molar-refractivity contribution in [1.82, 2.24) is 19.5 Å². The van der Waals surface area contributed by atoms with Crippen LogP contribution in [-0.4, -0.2) is 32.6 Å². The molecule has 3 heterocycles. The minimum Gasteiger partial charge on any atom is -0.341 e. The Bertz CT molecular complexity index is 521. The molecule has 3 rings (SSSR count). The molecule has 0 radical (unpaired) electrons. The van der Waals surface area contributed by atoms with E-state index in [0.29, 0.717) is 6.04 Å². The van der Waals surface area contributed by atoms with Crippen molar-refractivity contribution in [1.29, 1.82) is 0 Å².